The Hall–Kier alpha value is -3.84. The van der Waals surface area contributed by atoms with Crippen LogP contribution in [0.5, 0.6) is 5.75 Å². The Morgan fingerprint density at radius 3 is 2.65 bits per heavy atom. The first kappa shape index (κ1) is 21.9. The van der Waals surface area contributed by atoms with Gasteiger partial charge in [0.25, 0.3) is 5.91 Å². The Kier molecular flexibility index (Phi) is 7.24. The van der Waals surface area contributed by atoms with Crippen molar-refractivity contribution in [2.75, 3.05) is 0 Å². The van der Waals surface area contributed by atoms with E-state index in [4.69, 9.17) is 4.74 Å². The second kappa shape index (κ2) is 10.3. The van der Waals surface area contributed by atoms with Crippen molar-refractivity contribution in [1.29, 1.82) is 5.26 Å². The Labute approximate surface area is 183 Å². The highest BCUT2D eigenvalue weighted by molar-refractivity contribution is 6.01. The van der Waals surface area contributed by atoms with Crippen LogP contribution in [0, 0.1) is 11.3 Å². The number of allylic oxidation sites excluding steroid dienone is 1. The molecule has 3 aromatic rings. The highest BCUT2D eigenvalue weighted by Crippen LogP contribution is 2.25. The van der Waals surface area contributed by atoms with E-state index in [1.807, 2.05) is 62.4 Å². The molecular weight excluding hydrogens is 384 g/mol. The Balaban J connectivity index is 1.85. The minimum atomic E-state index is -0.376. The van der Waals surface area contributed by atoms with Gasteiger partial charge in [0, 0.05) is 6.04 Å². The van der Waals surface area contributed by atoms with Crippen LogP contribution in [0.3, 0.4) is 0 Å². The molecule has 1 amide bonds. The van der Waals surface area contributed by atoms with Gasteiger partial charge in [0.2, 0.25) is 0 Å². The number of hydrogen-bond acceptors (Lipinski definition) is 3. The first-order valence-corrected chi connectivity index (χ1v) is 10.3. The number of carbonyl (C=O) groups is 1. The van der Waals surface area contributed by atoms with Crippen molar-refractivity contribution in [3.05, 3.63) is 95.6 Å². The van der Waals surface area contributed by atoms with E-state index in [2.05, 4.69) is 36.2 Å². The molecule has 0 aromatic heterocycles. The number of rotatable bonds is 8. The standard InChI is InChI=1S/C27H26N2O2/c1-4-8-22-15-20(16-24(17-28)27(30)29-19(2)3)13-14-26(22)31-18-23-11-7-10-21-9-5-6-12-25(21)23/h4-7,9-16,19H,1,8,18H2,2-3H3,(H,29,30)/b24-16-. The van der Waals surface area contributed by atoms with Gasteiger partial charge >= 0.3 is 0 Å². The summed E-state index contributed by atoms with van der Waals surface area (Å²) in [6, 6.07) is 22.0. The molecule has 0 bridgehead atoms. The summed E-state index contributed by atoms with van der Waals surface area (Å²) in [4.78, 5) is 12.2. The summed E-state index contributed by atoms with van der Waals surface area (Å²) in [6.07, 6.45) is 4.02. The molecule has 0 heterocycles. The van der Waals surface area contributed by atoms with Gasteiger partial charge in [0.15, 0.2) is 0 Å². The van der Waals surface area contributed by atoms with E-state index in [9.17, 15) is 10.1 Å². The minimum absolute atomic E-state index is 0.0366. The molecular formula is C27H26N2O2. The molecule has 3 rings (SSSR count). The predicted molar refractivity (Wildman–Crippen MR) is 125 cm³/mol. The van der Waals surface area contributed by atoms with Crippen molar-refractivity contribution in [2.24, 2.45) is 0 Å². The van der Waals surface area contributed by atoms with Crippen molar-refractivity contribution >= 4 is 22.8 Å². The Morgan fingerprint density at radius 2 is 1.90 bits per heavy atom. The molecule has 0 atom stereocenters. The zero-order valence-corrected chi connectivity index (χ0v) is 17.9. The van der Waals surface area contributed by atoms with Crippen LogP contribution < -0.4 is 10.1 Å². The number of nitrogens with one attached hydrogen (secondary N) is 1. The van der Waals surface area contributed by atoms with Gasteiger partial charge in [0.1, 0.15) is 24.0 Å². The number of ether oxygens (including phenoxy) is 1. The molecule has 31 heavy (non-hydrogen) atoms. The van der Waals surface area contributed by atoms with Crippen molar-refractivity contribution < 1.29 is 9.53 Å². The molecule has 0 radical (unpaired) electrons. The molecule has 4 nitrogen and oxygen atoms in total. The summed E-state index contributed by atoms with van der Waals surface area (Å²) in [5.41, 5.74) is 2.90. The van der Waals surface area contributed by atoms with Crippen LogP contribution in [0.1, 0.15) is 30.5 Å². The van der Waals surface area contributed by atoms with Gasteiger partial charge in [-0.25, -0.2) is 0 Å². The molecule has 0 aliphatic heterocycles. The normalized spacial score (nSPS) is 11.2. The molecule has 3 aromatic carbocycles. The zero-order valence-electron chi connectivity index (χ0n) is 17.9. The topological polar surface area (TPSA) is 62.1 Å². The van der Waals surface area contributed by atoms with Gasteiger partial charge in [-0.15, -0.1) is 6.58 Å². The second-order valence-electron chi connectivity index (χ2n) is 7.58. The molecule has 0 spiro atoms. The quantitative estimate of drug-likeness (QED) is 0.300. The summed E-state index contributed by atoms with van der Waals surface area (Å²) >= 11 is 0. The summed E-state index contributed by atoms with van der Waals surface area (Å²) < 4.78 is 6.16. The van der Waals surface area contributed by atoms with Gasteiger partial charge in [-0.3, -0.25) is 4.79 Å². The fraction of sp³-hybridized carbons (Fsp3) is 0.185. The van der Waals surface area contributed by atoms with Gasteiger partial charge in [0.05, 0.1) is 0 Å². The van der Waals surface area contributed by atoms with E-state index in [1.165, 1.54) is 10.8 Å². The van der Waals surface area contributed by atoms with Crippen molar-refractivity contribution in [3.63, 3.8) is 0 Å². The zero-order chi connectivity index (χ0) is 22.2. The highest BCUT2D eigenvalue weighted by Gasteiger charge is 2.11. The molecule has 4 heteroatoms. The summed E-state index contributed by atoms with van der Waals surface area (Å²) in [5.74, 6) is 0.383. The van der Waals surface area contributed by atoms with E-state index in [0.29, 0.717) is 13.0 Å². The lowest BCUT2D eigenvalue weighted by Gasteiger charge is -2.13. The van der Waals surface area contributed by atoms with Crippen molar-refractivity contribution in [1.82, 2.24) is 5.32 Å². The van der Waals surface area contributed by atoms with Crippen LogP contribution in [-0.4, -0.2) is 11.9 Å². The fourth-order valence-corrected chi connectivity index (χ4v) is 3.37. The molecule has 0 fully saturated rings. The van der Waals surface area contributed by atoms with E-state index < -0.39 is 0 Å². The molecule has 0 aliphatic rings. The molecule has 0 unspecified atom stereocenters. The summed E-state index contributed by atoms with van der Waals surface area (Å²) in [5, 5.41) is 14.5. The second-order valence-corrected chi connectivity index (χ2v) is 7.58. The first-order valence-electron chi connectivity index (χ1n) is 10.3. The van der Waals surface area contributed by atoms with Crippen LogP contribution >= 0.6 is 0 Å². The number of carbonyl (C=O) groups excluding carboxylic acids is 1. The average Bonchev–Trinajstić information content (AvgIpc) is 2.76. The van der Waals surface area contributed by atoms with E-state index in [0.717, 1.165) is 22.4 Å². The lowest BCUT2D eigenvalue weighted by Crippen LogP contribution is -2.30. The number of benzene rings is 3. The summed E-state index contributed by atoms with van der Waals surface area (Å²) in [7, 11) is 0. The van der Waals surface area contributed by atoms with Gasteiger partial charge < -0.3 is 10.1 Å². The molecule has 0 saturated carbocycles. The van der Waals surface area contributed by atoms with Crippen molar-refractivity contribution in [2.45, 2.75) is 32.9 Å². The third kappa shape index (κ3) is 5.61. The molecule has 0 saturated heterocycles. The van der Waals surface area contributed by atoms with Crippen molar-refractivity contribution in [3.8, 4) is 11.8 Å². The number of nitrogens with zero attached hydrogens (tertiary/aromatic N) is 1. The largest absolute Gasteiger partial charge is 0.489 e. The minimum Gasteiger partial charge on any atom is -0.489 e. The smallest absolute Gasteiger partial charge is 0.262 e. The third-order valence-electron chi connectivity index (χ3n) is 4.81. The number of fused-ring (bicyclic) bond motifs is 1. The van der Waals surface area contributed by atoms with Gasteiger partial charge in [-0.2, -0.15) is 5.26 Å². The summed E-state index contributed by atoms with van der Waals surface area (Å²) in [6.45, 7) is 8.00. The molecule has 0 aliphatic carbocycles. The van der Waals surface area contributed by atoms with Gasteiger partial charge in [-0.1, -0.05) is 54.6 Å². The van der Waals surface area contributed by atoms with Crippen LogP contribution in [0.4, 0.5) is 0 Å². The van der Waals surface area contributed by atoms with Crippen LogP contribution in [0.25, 0.3) is 16.8 Å². The molecule has 1 N–H and O–H groups in total. The van der Waals surface area contributed by atoms with Crippen LogP contribution in [-0.2, 0) is 17.8 Å². The third-order valence-corrected chi connectivity index (χ3v) is 4.81. The highest BCUT2D eigenvalue weighted by atomic mass is 16.5. The lowest BCUT2D eigenvalue weighted by molar-refractivity contribution is -0.117. The van der Waals surface area contributed by atoms with Gasteiger partial charge in [-0.05, 0) is 65.9 Å². The maximum absolute atomic E-state index is 12.2. The number of amides is 1. The monoisotopic (exact) mass is 410 g/mol. The van der Waals surface area contributed by atoms with E-state index in [1.54, 1.807) is 6.08 Å². The Bertz CT molecular complexity index is 1160. The average molecular weight is 411 g/mol. The van der Waals surface area contributed by atoms with Crippen LogP contribution in [0.2, 0.25) is 0 Å². The number of hydrogen-bond donors (Lipinski definition) is 1. The SMILES string of the molecule is C=CCc1cc(/C=C(/C#N)C(=O)NC(C)C)ccc1OCc1cccc2ccccc12. The van der Waals surface area contributed by atoms with E-state index >= 15 is 0 Å². The fourth-order valence-electron chi connectivity index (χ4n) is 3.37. The predicted octanol–water partition coefficient (Wildman–Crippen LogP) is 5.58. The maximum Gasteiger partial charge on any atom is 0.262 e. The number of nitriles is 1. The Morgan fingerprint density at radius 1 is 1.13 bits per heavy atom. The van der Waals surface area contributed by atoms with E-state index in [-0.39, 0.29) is 17.5 Å². The maximum atomic E-state index is 12.2. The lowest BCUT2D eigenvalue weighted by atomic mass is 10.0. The first-order chi connectivity index (χ1) is 15.0. The molecule has 156 valence electrons. The van der Waals surface area contributed by atoms with Crippen LogP contribution in [0.15, 0.2) is 78.9 Å².